The lowest BCUT2D eigenvalue weighted by atomic mass is 10.2. The Kier molecular flexibility index (Phi) is 5.72. The van der Waals surface area contributed by atoms with E-state index in [4.69, 9.17) is 0 Å². The molecule has 0 aliphatic carbocycles. The van der Waals surface area contributed by atoms with Gasteiger partial charge in [0.15, 0.2) is 9.84 Å². The fourth-order valence-corrected chi connectivity index (χ4v) is 3.78. The van der Waals surface area contributed by atoms with Crippen LogP contribution in [0.25, 0.3) is 0 Å². The summed E-state index contributed by atoms with van der Waals surface area (Å²) >= 11 is 0. The molecule has 1 N–H and O–H groups in total. The van der Waals surface area contributed by atoms with E-state index in [1.807, 2.05) is 14.0 Å². The van der Waals surface area contributed by atoms with Gasteiger partial charge < -0.3 is 5.32 Å². The van der Waals surface area contributed by atoms with Crippen LogP contribution in [0.1, 0.15) is 26.2 Å². The second-order valence-corrected chi connectivity index (χ2v) is 6.89. The van der Waals surface area contributed by atoms with Crippen molar-refractivity contribution in [2.24, 2.45) is 0 Å². The van der Waals surface area contributed by atoms with Crippen molar-refractivity contribution < 1.29 is 8.42 Å². The summed E-state index contributed by atoms with van der Waals surface area (Å²) in [5.41, 5.74) is 0. The van der Waals surface area contributed by atoms with Crippen molar-refractivity contribution in [1.82, 2.24) is 10.2 Å². The van der Waals surface area contributed by atoms with Gasteiger partial charge in [-0.25, -0.2) is 8.42 Å². The highest BCUT2D eigenvalue weighted by molar-refractivity contribution is 7.91. The van der Waals surface area contributed by atoms with Crippen LogP contribution < -0.4 is 5.32 Å². The van der Waals surface area contributed by atoms with E-state index in [9.17, 15) is 8.42 Å². The summed E-state index contributed by atoms with van der Waals surface area (Å²) < 4.78 is 22.8. The van der Waals surface area contributed by atoms with Gasteiger partial charge in [0.1, 0.15) is 0 Å². The van der Waals surface area contributed by atoms with E-state index in [0.29, 0.717) is 11.5 Å². The van der Waals surface area contributed by atoms with Gasteiger partial charge in [-0.3, -0.25) is 4.90 Å². The Bertz CT molecular complexity index is 290. The van der Waals surface area contributed by atoms with Crippen molar-refractivity contribution in [2.45, 2.75) is 32.2 Å². The van der Waals surface area contributed by atoms with Crippen LogP contribution in [-0.4, -0.2) is 57.5 Å². The highest BCUT2D eigenvalue weighted by Crippen LogP contribution is 2.12. The van der Waals surface area contributed by atoms with E-state index >= 15 is 0 Å². The van der Waals surface area contributed by atoms with Crippen LogP contribution >= 0.6 is 0 Å². The first kappa shape index (κ1) is 13.9. The van der Waals surface area contributed by atoms with E-state index < -0.39 is 9.84 Å². The predicted octanol–water partition coefficient (Wildman–Crippen LogP) is 0.495. The zero-order valence-electron chi connectivity index (χ0n) is 10.4. The molecule has 0 aromatic rings. The molecule has 1 saturated heterocycles. The number of nitrogens with zero attached hydrogens (tertiary/aromatic N) is 1. The van der Waals surface area contributed by atoms with E-state index in [2.05, 4.69) is 10.2 Å². The first-order valence-electron chi connectivity index (χ1n) is 6.14. The molecule has 1 heterocycles. The zero-order valence-corrected chi connectivity index (χ0v) is 11.2. The summed E-state index contributed by atoms with van der Waals surface area (Å²) in [6.07, 6.45) is 3.60. The van der Waals surface area contributed by atoms with Gasteiger partial charge in [0, 0.05) is 12.6 Å². The van der Waals surface area contributed by atoms with E-state index in [1.165, 1.54) is 19.3 Å². The molecule has 5 heteroatoms. The second-order valence-electron chi connectivity index (χ2n) is 4.66. The maximum absolute atomic E-state index is 11.4. The lowest BCUT2D eigenvalue weighted by Crippen LogP contribution is -2.47. The largest absolute Gasteiger partial charge is 0.320 e. The molecule has 0 spiro atoms. The summed E-state index contributed by atoms with van der Waals surface area (Å²) in [5, 5.41) is 3.13. The van der Waals surface area contributed by atoms with Crippen LogP contribution in [0.15, 0.2) is 0 Å². The van der Waals surface area contributed by atoms with Crippen molar-refractivity contribution in [3.05, 3.63) is 0 Å². The monoisotopic (exact) mass is 248 g/mol. The average molecular weight is 248 g/mol. The molecule has 0 aromatic heterocycles. The summed E-state index contributed by atoms with van der Waals surface area (Å²) in [6, 6.07) is 0.197. The van der Waals surface area contributed by atoms with Crippen LogP contribution in [0.5, 0.6) is 0 Å². The standard InChI is InChI=1S/C11H24N2O2S/c1-11-10-16(14,15)9-8-13(11)7-5-3-4-6-12-2/h11-12H,3-10H2,1-2H3. The number of unbranched alkanes of at least 4 members (excludes halogenated alkanes) is 2. The quantitative estimate of drug-likeness (QED) is 0.695. The number of sulfone groups is 1. The van der Waals surface area contributed by atoms with Gasteiger partial charge in [0.25, 0.3) is 0 Å². The Morgan fingerprint density at radius 2 is 2.06 bits per heavy atom. The molecular formula is C11H24N2O2S. The molecule has 96 valence electrons. The maximum Gasteiger partial charge on any atom is 0.153 e. The second kappa shape index (κ2) is 6.57. The molecule has 1 rings (SSSR count). The van der Waals surface area contributed by atoms with Crippen LogP contribution in [-0.2, 0) is 9.84 Å². The summed E-state index contributed by atoms with van der Waals surface area (Å²) in [5.74, 6) is 0.678. The molecule has 0 bridgehead atoms. The maximum atomic E-state index is 11.4. The number of rotatable bonds is 6. The van der Waals surface area contributed by atoms with Crippen LogP contribution in [0.2, 0.25) is 0 Å². The molecule has 1 unspecified atom stereocenters. The van der Waals surface area contributed by atoms with Gasteiger partial charge >= 0.3 is 0 Å². The fourth-order valence-electron chi connectivity index (χ4n) is 2.16. The zero-order chi connectivity index (χ0) is 12.0. The Morgan fingerprint density at radius 1 is 1.31 bits per heavy atom. The molecule has 1 atom stereocenters. The number of hydrogen-bond acceptors (Lipinski definition) is 4. The third kappa shape index (κ3) is 4.80. The van der Waals surface area contributed by atoms with Gasteiger partial charge in [-0.1, -0.05) is 6.42 Å². The van der Waals surface area contributed by atoms with Crippen molar-refractivity contribution in [3.63, 3.8) is 0 Å². The van der Waals surface area contributed by atoms with Gasteiger partial charge in [-0.15, -0.1) is 0 Å². The van der Waals surface area contributed by atoms with Crippen molar-refractivity contribution in [2.75, 3.05) is 38.2 Å². The lowest BCUT2D eigenvalue weighted by molar-refractivity contribution is 0.222. The molecule has 0 aromatic carbocycles. The Labute approximate surface area is 99.3 Å². The normalized spacial score (nSPS) is 25.8. The molecular weight excluding hydrogens is 224 g/mol. The van der Waals surface area contributed by atoms with Gasteiger partial charge in [-0.2, -0.15) is 0 Å². The molecule has 0 radical (unpaired) electrons. The number of nitrogens with one attached hydrogen (secondary N) is 1. The highest BCUT2D eigenvalue weighted by Gasteiger charge is 2.27. The van der Waals surface area contributed by atoms with E-state index in [0.717, 1.165) is 19.6 Å². The highest BCUT2D eigenvalue weighted by atomic mass is 32.2. The van der Waals surface area contributed by atoms with Gasteiger partial charge in [0.05, 0.1) is 11.5 Å². The molecule has 0 saturated carbocycles. The minimum absolute atomic E-state index is 0.197. The van der Waals surface area contributed by atoms with Gasteiger partial charge in [-0.05, 0) is 39.9 Å². The minimum Gasteiger partial charge on any atom is -0.320 e. The van der Waals surface area contributed by atoms with Crippen molar-refractivity contribution >= 4 is 9.84 Å². The molecule has 1 aliphatic rings. The Morgan fingerprint density at radius 3 is 2.69 bits per heavy atom. The SMILES string of the molecule is CNCCCCCN1CCS(=O)(=O)CC1C. The fraction of sp³-hybridized carbons (Fsp3) is 1.00. The molecule has 1 fully saturated rings. The van der Waals surface area contributed by atoms with Gasteiger partial charge in [0.2, 0.25) is 0 Å². The van der Waals surface area contributed by atoms with Crippen molar-refractivity contribution in [1.29, 1.82) is 0 Å². The predicted molar refractivity (Wildman–Crippen MR) is 67.5 cm³/mol. The smallest absolute Gasteiger partial charge is 0.153 e. The third-order valence-corrected chi connectivity index (χ3v) is 4.97. The Hall–Kier alpha value is -0.130. The summed E-state index contributed by atoms with van der Waals surface area (Å²) in [6.45, 7) is 4.85. The summed E-state index contributed by atoms with van der Waals surface area (Å²) in [4.78, 5) is 2.31. The Balaban J connectivity index is 2.18. The first-order valence-corrected chi connectivity index (χ1v) is 7.96. The molecule has 0 amide bonds. The minimum atomic E-state index is -2.76. The third-order valence-electron chi connectivity index (χ3n) is 3.18. The van der Waals surface area contributed by atoms with Crippen LogP contribution in [0, 0.1) is 0 Å². The van der Waals surface area contributed by atoms with E-state index in [-0.39, 0.29) is 6.04 Å². The van der Waals surface area contributed by atoms with Crippen LogP contribution in [0.3, 0.4) is 0 Å². The molecule has 4 nitrogen and oxygen atoms in total. The topological polar surface area (TPSA) is 49.4 Å². The van der Waals surface area contributed by atoms with E-state index in [1.54, 1.807) is 0 Å². The first-order chi connectivity index (χ1) is 7.55. The summed E-state index contributed by atoms with van der Waals surface area (Å²) in [7, 11) is -0.786. The van der Waals surface area contributed by atoms with Crippen LogP contribution in [0.4, 0.5) is 0 Å². The molecule has 16 heavy (non-hydrogen) atoms. The lowest BCUT2D eigenvalue weighted by Gasteiger charge is -2.33. The average Bonchev–Trinajstić information content (AvgIpc) is 2.20. The molecule has 1 aliphatic heterocycles. The van der Waals surface area contributed by atoms with Crippen molar-refractivity contribution in [3.8, 4) is 0 Å². The number of hydrogen-bond donors (Lipinski definition) is 1.